The molecule has 1 aromatic heterocycles. The van der Waals surface area contributed by atoms with E-state index in [4.69, 9.17) is 0 Å². The van der Waals surface area contributed by atoms with Crippen LogP contribution in [0.15, 0.2) is 30.5 Å². The van der Waals surface area contributed by atoms with Crippen molar-refractivity contribution < 1.29 is 9.59 Å². The number of Topliss-reactive ketones (excluding diaryl/α,β-unsaturated/α-hetero) is 1. The fraction of sp³-hybridized carbons (Fsp3) is 0.524. The summed E-state index contributed by atoms with van der Waals surface area (Å²) >= 11 is 0. The first-order valence-corrected chi connectivity index (χ1v) is 9.70. The van der Waals surface area contributed by atoms with Gasteiger partial charge < -0.3 is 4.90 Å². The molecule has 6 heteroatoms. The minimum Gasteiger partial charge on any atom is -0.336 e. The van der Waals surface area contributed by atoms with Crippen LogP contribution in [-0.4, -0.2) is 44.7 Å². The molecule has 2 aromatic rings. The molecule has 0 aliphatic carbocycles. The van der Waals surface area contributed by atoms with Crippen LogP contribution in [0, 0.1) is 18.8 Å². The molecule has 144 valence electrons. The minimum absolute atomic E-state index is 0.0490. The van der Waals surface area contributed by atoms with Gasteiger partial charge in [-0.1, -0.05) is 43.3 Å². The summed E-state index contributed by atoms with van der Waals surface area (Å²) in [4.78, 5) is 27.0. The van der Waals surface area contributed by atoms with Crippen LogP contribution in [0.4, 0.5) is 0 Å². The van der Waals surface area contributed by atoms with Gasteiger partial charge >= 0.3 is 0 Å². The summed E-state index contributed by atoms with van der Waals surface area (Å²) in [5, 5.41) is 8.19. The third kappa shape index (κ3) is 4.81. The number of amides is 1. The van der Waals surface area contributed by atoms with Crippen molar-refractivity contribution in [2.24, 2.45) is 11.8 Å². The SMILES string of the molecule is Cc1ccccc1Cn1cc(C(=O)N2CCCC(C(=O)CC(C)C)C2)nn1. The van der Waals surface area contributed by atoms with Gasteiger partial charge in [-0.3, -0.25) is 9.59 Å². The summed E-state index contributed by atoms with van der Waals surface area (Å²) < 4.78 is 1.70. The van der Waals surface area contributed by atoms with E-state index in [0.29, 0.717) is 37.7 Å². The van der Waals surface area contributed by atoms with E-state index >= 15 is 0 Å². The molecule has 0 saturated carbocycles. The average Bonchev–Trinajstić information content (AvgIpc) is 3.11. The van der Waals surface area contributed by atoms with Crippen LogP contribution >= 0.6 is 0 Å². The molecule has 1 aromatic carbocycles. The number of hydrogen-bond acceptors (Lipinski definition) is 4. The minimum atomic E-state index is -0.131. The summed E-state index contributed by atoms with van der Waals surface area (Å²) in [5.41, 5.74) is 2.68. The normalized spacial score (nSPS) is 17.3. The first-order chi connectivity index (χ1) is 12.9. The van der Waals surface area contributed by atoms with Gasteiger partial charge in [0.2, 0.25) is 0 Å². The van der Waals surface area contributed by atoms with Crippen LogP contribution in [0.3, 0.4) is 0 Å². The van der Waals surface area contributed by atoms with Crippen molar-refractivity contribution in [2.75, 3.05) is 13.1 Å². The van der Waals surface area contributed by atoms with Crippen molar-refractivity contribution in [1.82, 2.24) is 19.9 Å². The van der Waals surface area contributed by atoms with Gasteiger partial charge in [0, 0.05) is 25.4 Å². The average molecular weight is 368 g/mol. The molecule has 3 rings (SSSR count). The quantitative estimate of drug-likeness (QED) is 0.786. The van der Waals surface area contributed by atoms with E-state index in [1.165, 1.54) is 5.56 Å². The Morgan fingerprint density at radius 1 is 1.26 bits per heavy atom. The highest BCUT2D eigenvalue weighted by atomic mass is 16.2. The molecule has 0 radical (unpaired) electrons. The second kappa shape index (κ2) is 8.46. The number of carbonyl (C=O) groups is 2. The van der Waals surface area contributed by atoms with Crippen LogP contribution in [0.2, 0.25) is 0 Å². The van der Waals surface area contributed by atoms with Crippen molar-refractivity contribution in [2.45, 2.75) is 46.6 Å². The third-order valence-corrected chi connectivity index (χ3v) is 5.12. The molecule has 1 unspecified atom stereocenters. The number of rotatable bonds is 6. The van der Waals surface area contributed by atoms with Gasteiger partial charge in [0.25, 0.3) is 5.91 Å². The molecule has 1 atom stereocenters. The Morgan fingerprint density at radius 3 is 2.78 bits per heavy atom. The zero-order valence-corrected chi connectivity index (χ0v) is 16.4. The number of nitrogens with zero attached hydrogens (tertiary/aromatic N) is 4. The summed E-state index contributed by atoms with van der Waals surface area (Å²) in [6, 6.07) is 8.10. The monoisotopic (exact) mass is 368 g/mol. The smallest absolute Gasteiger partial charge is 0.276 e. The number of ketones is 1. The second-order valence-electron chi connectivity index (χ2n) is 7.88. The summed E-state index contributed by atoms with van der Waals surface area (Å²) in [7, 11) is 0. The van der Waals surface area contributed by atoms with Crippen LogP contribution in [-0.2, 0) is 11.3 Å². The van der Waals surface area contributed by atoms with Gasteiger partial charge in [0.05, 0.1) is 12.7 Å². The van der Waals surface area contributed by atoms with Gasteiger partial charge in [0.15, 0.2) is 5.69 Å². The molecule has 1 amide bonds. The molecular weight excluding hydrogens is 340 g/mol. The Labute approximate surface area is 160 Å². The Hall–Kier alpha value is -2.50. The molecule has 1 saturated heterocycles. The van der Waals surface area contributed by atoms with E-state index < -0.39 is 0 Å². The lowest BCUT2D eigenvalue weighted by atomic mass is 9.89. The highest BCUT2D eigenvalue weighted by Crippen LogP contribution is 2.21. The number of aromatic nitrogens is 3. The Bertz CT molecular complexity index is 812. The fourth-order valence-corrected chi connectivity index (χ4v) is 3.59. The predicted molar refractivity (Wildman–Crippen MR) is 103 cm³/mol. The lowest BCUT2D eigenvalue weighted by Gasteiger charge is -2.31. The van der Waals surface area contributed by atoms with Crippen LogP contribution in [0.5, 0.6) is 0 Å². The molecule has 2 heterocycles. The first kappa shape index (κ1) is 19.3. The van der Waals surface area contributed by atoms with E-state index in [0.717, 1.165) is 18.4 Å². The highest BCUT2D eigenvalue weighted by molar-refractivity contribution is 5.92. The number of likely N-dealkylation sites (tertiary alicyclic amines) is 1. The number of hydrogen-bond donors (Lipinski definition) is 0. The van der Waals surface area contributed by atoms with Crippen molar-refractivity contribution in [1.29, 1.82) is 0 Å². The number of carbonyl (C=O) groups excluding carboxylic acids is 2. The summed E-state index contributed by atoms with van der Waals surface area (Å²) in [5.74, 6) is 0.441. The van der Waals surface area contributed by atoms with Crippen LogP contribution in [0.25, 0.3) is 0 Å². The van der Waals surface area contributed by atoms with Crippen LogP contribution in [0.1, 0.15) is 54.7 Å². The van der Waals surface area contributed by atoms with Gasteiger partial charge in [-0.25, -0.2) is 4.68 Å². The molecule has 27 heavy (non-hydrogen) atoms. The second-order valence-corrected chi connectivity index (χ2v) is 7.88. The summed E-state index contributed by atoms with van der Waals surface area (Å²) in [6.45, 7) is 7.92. The molecule has 1 aliphatic rings. The third-order valence-electron chi connectivity index (χ3n) is 5.12. The molecule has 0 bridgehead atoms. The highest BCUT2D eigenvalue weighted by Gasteiger charge is 2.30. The lowest BCUT2D eigenvalue weighted by molar-refractivity contribution is -0.124. The Morgan fingerprint density at radius 2 is 2.04 bits per heavy atom. The number of benzene rings is 1. The van der Waals surface area contributed by atoms with Crippen molar-refractivity contribution in [3.63, 3.8) is 0 Å². The molecule has 0 spiro atoms. The fourth-order valence-electron chi connectivity index (χ4n) is 3.59. The van der Waals surface area contributed by atoms with Crippen molar-refractivity contribution in [3.05, 3.63) is 47.3 Å². The zero-order chi connectivity index (χ0) is 19.4. The van der Waals surface area contributed by atoms with E-state index in [-0.39, 0.29) is 17.6 Å². The maximum Gasteiger partial charge on any atom is 0.276 e. The molecule has 6 nitrogen and oxygen atoms in total. The molecule has 1 fully saturated rings. The van der Waals surface area contributed by atoms with E-state index in [1.807, 2.05) is 18.2 Å². The largest absolute Gasteiger partial charge is 0.336 e. The molecule has 1 aliphatic heterocycles. The standard InChI is InChI=1S/C21H28N4O2/c1-15(2)11-20(26)18-9-6-10-24(12-18)21(27)19-14-25(23-22-19)13-17-8-5-4-7-16(17)3/h4-5,7-8,14-15,18H,6,9-13H2,1-3H3. The number of aryl methyl sites for hydroxylation is 1. The maximum atomic E-state index is 12.8. The topological polar surface area (TPSA) is 68.1 Å². The lowest BCUT2D eigenvalue weighted by Crippen LogP contribution is -2.42. The first-order valence-electron chi connectivity index (χ1n) is 9.70. The number of piperidine rings is 1. The zero-order valence-electron chi connectivity index (χ0n) is 16.4. The summed E-state index contributed by atoms with van der Waals surface area (Å²) in [6.07, 6.45) is 4.01. The van der Waals surface area contributed by atoms with Gasteiger partial charge in [0.1, 0.15) is 5.78 Å². The van der Waals surface area contributed by atoms with Crippen molar-refractivity contribution >= 4 is 11.7 Å². The van der Waals surface area contributed by atoms with E-state index in [2.05, 4.69) is 37.1 Å². The van der Waals surface area contributed by atoms with E-state index in [1.54, 1.807) is 15.8 Å². The van der Waals surface area contributed by atoms with Crippen molar-refractivity contribution in [3.8, 4) is 0 Å². The van der Waals surface area contributed by atoms with Gasteiger partial charge in [-0.15, -0.1) is 5.10 Å². The Balaban J connectivity index is 1.65. The van der Waals surface area contributed by atoms with E-state index in [9.17, 15) is 9.59 Å². The van der Waals surface area contributed by atoms with Gasteiger partial charge in [-0.2, -0.15) is 0 Å². The molecule has 0 N–H and O–H groups in total. The Kier molecular flexibility index (Phi) is 6.04. The van der Waals surface area contributed by atoms with Crippen LogP contribution < -0.4 is 0 Å². The molecular formula is C21H28N4O2. The predicted octanol–water partition coefficient (Wildman–Crippen LogP) is 3.10. The maximum absolute atomic E-state index is 12.8. The van der Waals surface area contributed by atoms with Gasteiger partial charge in [-0.05, 0) is 36.8 Å².